The minimum Gasteiger partial charge on any atom is -0.369 e. The number of hydrogen-bond acceptors (Lipinski definition) is 4. The lowest BCUT2D eigenvalue weighted by Gasteiger charge is -2.27. The zero-order chi connectivity index (χ0) is 14.8. The molecule has 1 radical (unpaired) electrons. The lowest BCUT2D eigenvalue weighted by molar-refractivity contribution is -0.122. The second kappa shape index (κ2) is 5.35. The van der Waals surface area contributed by atoms with E-state index in [0.717, 1.165) is 0 Å². The number of allylic oxidation sites excluding steroid dienone is 2. The van der Waals surface area contributed by atoms with Crippen molar-refractivity contribution in [3.05, 3.63) is 59.6 Å². The van der Waals surface area contributed by atoms with Crippen LogP contribution in [0.1, 0.15) is 5.69 Å². The zero-order valence-corrected chi connectivity index (χ0v) is 11.4. The molecule has 5 nitrogen and oxygen atoms in total. The Morgan fingerprint density at radius 2 is 2.24 bits per heavy atom. The summed E-state index contributed by atoms with van der Waals surface area (Å²) in [6.07, 6.45) is 6.05. The molecule has 1 aliphatic carbocycles. The first-order valence-corrected chi connectivity index (χ1v) is 6.47. The van der Waals surface area contributed by atoms with Crippen LogP contribution in [0.3, 0.4) is 0 Å². The summed E-state index contributed by atoms with van der Waals surface area (Å²) in [5.41, 5.74) is 2.31. The van der Waals surface area contributed by atoms with Crippen LogP contribution in [0.25, 0.3) is 5.57 Å². The van der Waals surface area contributed by atoms with Crippen molar-refractivity contribution in [1.29, 1.82) is 5.26 Å². The van der Waals surface area contributed by atoms with Gasteiger partial charge in [0.2, 0.25) is 0 Å². The van der Waals surface area contributed by atoms with Gasteiger partial charge in [-0.15, -0.1) is 0 Å². The molecule has 2 heterocycles. The Labute approximate surface area is 122 Å². The smallest absolute Gasteiger partial charge is 0.196 e. The molecule has 1 aromatic heterocycles. The van der Waals surface area contributed by atoms with E-state index in [9.17, 15) is 10.1 Å². The first-order valence-electron chi connectivity index (χ1n) is 6.47. The van der Waals surface area contributed by atoms with Gasteiger partial charge in [-0.2, -0.15) is 5.26 Å². The molecule has 3 rings (SSSR count). The number of carbonyl (C=O) groups excluding carboxylic acids is 1. The summed E-state index contributed by atoms with van der Waals surface area (Å²) in [5, 5.41) is 13.5. The number of ether oxygens (including phenoxy) is 1. The van der Waals surface area contributed by atoms with Crippen LogP contribution in [-0.2, 0) is 9.53 Å². The molecule has 0 amide bonds. The number of carbonyl (C=O) groups is 1. The molecule has 2 atom stereocenters. The van der Waals surface area contributed by atoms with E-state index < -0.39 is 12.1 Å². The molecule has 0 bridgehead atoms. The Morgan fingerprint density at radius 3 is 2.90 bits per heavy atom. The van der Waals surface area contributed by atoms with E-state index in [4.69, 9.17) is 4.74 Å². The van der Waals surface area contributed by atoms with Gasteiger partial charge in [-0.05, 0) is 18.2 Å². The molecule has 0 N–H and O–H groups in total. The number of nitrogens with zero attached hydrogens (tertiary/aromatic N) is 3. The summed E-state index contributed by atoms with van der Waals surface area (Å²) in [4.78, 5) is 16.8. The van der Waals surface area contributed by atoms with E-state index in [-0.39, 0.29) is 5.78 Å². The SMILES string of the molecule is COC1C=CC2=C[N]C(C#N)C(c3ccccn3)=C2C1=O. The van der Waals surface area contributed by atoms with E-state index in [1.807, 2.05) is 6.07 Å². The molecule has 0 saturated heterocycles. The number of pyridine rings is 1. The average molecular weight is 278 g/mol. The predicted octanol–water partition coefficient (Wildman–Crippen LogP) is 1.38. The third-order valence-electron chi connectivity index (χ3n) is 3.47. The highest BCUT2D eigenvalue weighted by molar-refractivity contribution is 6.12. The van der Waals surface area contributed by atoms with Crippen LogP contribution >= 0.6 is 0 Å². The Bertz CT molecular complexity index is 711. The summed E-state index contributed by atoms with van der Waals surface area (Å²) in [6, 6.07) is 6.76. The van der Waals surface area contributed by atoms with Gasteiger partial charge < -0.3 is 4.74 Å². The fourth-order valence-corrected chi connectivity index (χ4v) is 2.48. The maximum Gasteiger partial charge on any atom is 0.196 e. The van der Waals surface area contributed by atoms with Gasteiger partial charge in [-0.25, -0.2) is 0 Å². The first kappa shape index (κ1) is 13.3. The van der Waals surface area contributed by atoms with Crippen molar-refractivity contribution >= 4 is 11.4 Å². The minimum absolute atomic E-state index is 0.165. The zero-order valence-electron chi connectivity index (χ0n) is 11.4. The summed E-state index contributed by atoms with van der Waals surface area (Å²) in [7, 11) is 1.48. The van der Waals surface area contributed by atoms with Crippen molar-refractivity contribution in [3.63, 3.8) is 0 Å². The van der Waals surface area contributed by atoms with E-state index in [1.165, 1.54) is 7.11 Å². The lowest BCUT2D eigenvalue weighted by Crippen LogP contribution is -2.33. The van der Waals surface area contributed by atoms with Crippen LogP contribution in [0.5, 0.6) is 0 Å². The van der Waals surface area contributed by atoms with Crippen LogP contribution < -0.4 is 5.32 Å². The van der Waals surface area contributed by atoms with Crippen LogP contribution in [0.15, 0.2) is 53.9 Å². The fourth-order valence-electron chi connectivity index (χ4n) is 2.48. The molecule has 0 spiro atoms. The van der Waals surface area contributed by atoms with E-state index in [0.29, 0.717) is 22.4 Å². The van der Waals surface area contributed by atoms with Crippen molar-refractivity contribution in [2.24, 2.45) is 0 Å². The van der Waals surface area contributed by atoms with Gasteiger partial charge in [0.25, 0.3) is 0 Å². The number of hydrogen-bond donors (Lipinski definition) is 0. The maximum atomic E-state index is 12.6. The molecule has 1 aliphatic heterocycles. The topological polar surface area (TPSA) is 77.1 Å². The molecule has 5 heteroatoms. The average Bonchev–Trinajstić information content (AvgIpc) is 2.55. The second-order valence-corrected chi connectivity index (χ2v) is 4.65. The van der Waals surface area contributed by atoms with Gasteiger partial charge in [0.15, 0.2) is 11.8 Å². The maximum absolute atomic E-state index is 12.6. The first-order chi connectivity index (χ1) is 10.3. The van der Waals surface area contributed by atoms with E-state index in [1.54, 1.807) is 36.7 Å². The summed E-state index contributed by atoms with van der Waals surface area (Å²) in [6.45, 7) is 0. The Kier molecular flexibility index (Phi) is 3.38. The highest BCUT2D eigenvalue weighted by atomic mass is 16.5. The van der Waals surface area contributed by atoms with E-state index >= 15 is 0 Å². The highest BCUT2D eigenvalue weighted by Gasteiger charge is 2.35. The molecule has 0 saturated carbocycles. The number of nitriles is 1. The van der Waals surface area contributed by atoms with Crippen molar-refractivity contribution in [2.45, 2.75) is 12.1 Å². The number of aromatic nitrogens is 1. The molecule has 103 valence electrons. The Morgan fingerprint density at radius 1 is 1.38 bits per heavy atom. The van der Waals surface area contributed by atoms with Crippen LogP contribution in [0, 0.1) is 11.3 Å². The number of fused-ring (bicyclic) bond motifs is 1. The molecule has 0 fully saturated rings. The van der Waals surface area contributed by atoms with Gasteiger partial charge in [0, 0.05) is 36.2 Å². The quantitative estimate of drug-likeness (QED) is 0.819. The standard InChI is InChI=1S/C16H12N3O2/c1-21-13-6-5-10-9-19-12(8-17)15(14(10)16(13)20)11-4-2-3-7-18-11/h2-7,9,12-13H,1H3. The molecule has 21 heavy (non-hydrogen) atoms. The number of methoxy groups -OCH3 is 1. The van der Waals surface area contributed by atoms with Crippen molar-refractivity contribution < 1.29 is 9.53 Å². The highest BCUT2D eigenvalue weighted by Crippen LogP contribution is 2.34. The van der Waals surface area contributed by atoms with Crippen molar-refractivity contribution in [3.8, 4) is 6.07 Å². The van der Waals surface area contributed by atoms with Gasteiger partial charge in [-0.1, -0.05) is 12.1 Å². The van der Waals surface area contributed by atoms with Gasteiger partial charge >= 0.3 is 0 Å². The van der Waals surface area contributed by atoms with Gasteiger partial charge in [-0.3, -0.25) is 15.1 Å². The fraction of sp³-hybridized carbons (Fsp3) is 0.188. The third-order valence-corrected chi connectivity index (χ3v) is 3.47. The summed E-state index contributed by atoms with van der Waals surface area (Å²) >= 11 is 0. The molecule has 2 aliphatic rings. The summed E-state index contributed by atoms with van der Waals surface area (Å²) in [5.74, 6) is -0.165. The second-order valence-electron chi connectivity index (χ2n) is 4.65. The van der Waals surface area contributed by atoms with Gasteiger partial charge in [0.05, 0.1) is 11.8 Å². The third kappa shape index (κ3) is 2.16. The molecular formula is C16H12N3O2. The van der Waals surface area contributed by atoms with Gasteiger partial charge in [0.1, 0.15) is 6.10 Å². The largest absolute Gasteiger partial charge is 0.369 e. The number of rotatable bonds is 2. The van der Waals surface area contributed by atoms with Crippen molar-refractivity contribution in [2.75, 3.05) is 7.11 Å². The molecule has 0 aromatic carbocycles. The molecular weight excluding hydrogens is 266 g/mol. The minimum atomic E-state index is -0.730. The van der Waals surface area contributed by atoms with Crippen LogP contribution in [0.2, 0.25) is 0 Å². The Balaban J connectivity index is 2.23. The van der Waals surface area contributed by atoms with Crippen LogP contribution in [0.4, 0.5) is 0 Å². The monoisotopic (exact) mass is 278 g/mol. The lowest BCUT2D eigenvalue weighted by atomic mass is 9.83. The molecule has 2 unspecified atom stereocenters. The number of Topliss-reactive ketones (excluding diaryl/α,β-unsaturated/α-hetero) is 1. The van der Waals surface area contributed by atoms with Crippen LogP contribution in [-0.4, -0.2) is 30.0 Å². The number of ketones is 1. The predicted molar refractivity (Wildman–Crippen MR) is 75.7 cm³/mol. The van der Waals surface area contributed by atoms with Crippen molar-refractivity contribution in [1.82, 2.24) is 10.3 Å². The normalized spacial score (nSPS) is 24.0. The van der Waals surface area contributed by atoms with E-state index in [2.05, 4.69) is 16.4 Å². The Hall–Kier alpha value is -2.71. The summed E-state index contributed by atoms with van der Waals surface area (Å²) < 4.78 is 5.17. The molecule has 1 aromatic rings.